The topological polar surface area (TPSA) is 175 Å². The molecule has 50 heavy (non-hydrogen) atoms. The number of imidazole rings is 1. The van der Waals surface area contributed by atoms with Gasteiger partial charge in [0, 0.05) is 18.3 Å². The highest BCUT2D eigenvalue weighted by Crippen LogP contribution is 2.51. The number of ether oxygens (including phenoxy) is 2. The molecule has 12 nitrogen and oxygen atoms in total. The number of hydrogen-bond acceptors (Lipinski definition) is 11. The molecule has 1 aliphatic rings. The lowest BCUT2D eigenvalue weighted by atomic mass is 10.1. The molecule has 2 aromatic heterocycles. The van der Waals surface area contributed by atoms with Crippen LogP contribution in [0.25, 0.3) is 11.2 Å². The van der Waals surface area contributed by atoms with E-state index in [9.17, 15) is 19.7 Å². The van der Waals surface area contributed by atoms with Gasteiger partial charge in [-0.2, -0.15) is 21.7 Å². The average Bonchev–Trinajstić information content (AvgIpc) is 3.68. The summed E-state index contributed by atoms with van der Waals surface area (Å²) in [4.78, 5) is 22.8. The number of aliphatic hydroxyl groups is 2. The highest BCUT2D eigenvalue weighted by atomic mass is 35.5. The van der Waals surface area contributed by atoms with E-state index in [2.05, 4.69) is 35.7 Å². The minimum absolute atomic E-state index is 0.0113. The summed E-state index contributed by atoms with van der Waals surface area (Å²) >= 11 is 7.97. The van der Waals surface area contributed by atoms with E-state index >= 15 is 0 Å². The van der Waals surface area contributed by atoms with Crippen LogP contribution in [-0.2, 0) is 18.6 Å². The second kappa shape index (κ2) is 23.6. The Hall–Kier alpha value is -1.02. The lowest BCUT2D eigenvalue weighted by Crippen LogP contribution is -2.35. The number of aliphatic hydroxyl groups excluding tert-OH is 2. The van der Waals surface area contributed by atoms with Gasteiger partial charge in [0.2, 0.25) is 5.28 Å². The first-order valence-electron chi connectivity index (χ1n) is 19.0. The molecular formula is C35H63ClN5O7PS. The number of fused-ring (bicyclic) bond motifs is 1. The van der Waals surface area contributed by atoms with Crippen molar-refractivity contribution in [1.82, 2.24) is 19.5 Å². The number of halogens is 1. The first kappa shape index (κ1) is 43.4. The van der Waals surface area contributed by atoms with Gasteiger partial charge in [-0.05, 0) is 43.5 Å². The number of nitrogens with zero attached hydrogens (tertiary/aromatic N) is 4. The molecule has 7 atom stereocenters. The Labute approximate surface area is 308 Å². The lowest BCUT2D eigenvalue weighted by Gasteiger charge is -2.26. The summed E-state index contributed by atoms with van der Waals surface area (Å²) in [7, 11) is -4.56. The number of thioether (sulfide) groups is 1. The van der Waals surface area contributed by atoms with Gasteiger partial charge in [-0.3, -0.25) is 9.13 Å². The molecule has 0 aromatic carbocycles. The molecule has 0 aliphatic carbocycles. The normalized spacial score (nSPS) is 21.1. The average molecular weight is 764 g/mol. The third kappa shape index (κ3) is 14.4. The number of aromatic nitrogens is 4. The second-order valence-electron chi connectivity index (χ2n) is 13.6. The van der Waals surface area contributed by atoms with Crippen molar-refractivity contribution >= 4 is 47.9 Å². The first-order valence-corrected chi connectivity index (χ1v) is 22.0. The molecule has 1 aliphatic heterocycles. The maximum absolute atomic E-state index is 13.0. The van der Waals surface area contributed by atoms with Crippen LogP contribution in [0.3, 0.4) is 0 Å². The molecule has 3 rings (SSSR count). The van der Waals surface area contributed by atoms with Crippen LogP contribution >= 0.6 is 31.0 Å². The molecular weight excluding hydrogens is 701 g/mol. The van der Waals surface area contributed by atoms with Gasteiger partial charge >= 0.3 is 7.60 Å². The van der Waals surface area contributed by atoms with E-state index in [1.54, 1.807) is 0 Å². The van der Waals surface area contributed by atoms with Gasteiger partial charge in [-0.1, -0.05) is 104 Å². The Morgan fingerprint density at radius 1 is 1.00 bits per heavy atom. The number of nitrogen functional groups attached to an aromatic ring is 1. The van der Waals surface area contributed by atoms with Crippen LogP contribution in [-0.4, -0.2) is 83.0 Å². The van der Waals surface area contributed by atoms with Crippen molar-refractivity contribution in [3.05, 3.63) is 11.6 Å². The van der Waals surface area contributed by atoms with E-state index in [-0.39, 0.29) is 35.9 Å². The molecule has 1 saturated heterocycles. The summed E-state index contributed by atoms with van der Waals surface area (Å²) in [5.74, 6) is -0.734. The van der Waals surface area contributed by atoms with Crippen LogP contribution in [0.15, 0.2) is 6.33 Å². The highest BCUT2D eigenvalue weighted by Gasteiger charge is 2.47. The number of hydrogen-bond donors (Lipinski definition) is 4. The van der Waals surface area contributed by atoms with Crippen molar-refractivity contribution in [2.24, 2.45) is 0 Å². The summed E-state index contributed by atoms with van der Waals surface area (Å²) in [5.41, 5.74) is 6.46. The zero-order valence-corrected chi connectivity index (χ0v) is 32.9. The van der Waals surface area contributed by atoms with E-state index in [0.717, 1.165) is 12.2 Å². The van der Waals surface area contributed by atoms with Gasteiger partial charge in [0.25, 0.3) is 0 Å². The predicted octanol–water partition coefficient (Wildman–Crippen LogP) is 8.41. The summed E-state index contributed by atoms with van der Waals surface area (Å²) < 4.78 is 31.8. The molecule has 0 saturated carbocycles. The molecule has 0 amide bonds. The Morgan fingerprint density at radius 2 is 1.62 bits per heavy atom. The molecule has 3 heterocycles. The smallest absolute Gasteiger partial charge is 0.359 e. The van der Waals surface area contributed by atoms with Crippen molar-refractivity contribution in [3.8, 4) is 0 Å². The molecule has 0 radical (unpaired) electrons. The predicted molar refractivity (Wildman–Crippen MR) is 203 cm³/mol. The number of anilines is 1. The van der Waals surface area contributed by atoms with E-state index in [1.807, 2.05) is 11.8 Å². The van der Waals surface area contributed by atoms with Crippen molar-refractivity contribution in [2.45, 2.75) is 172 Å². The summed E-state index contributed by atoms with van der Waals surface area (Å²) in [6.45, 7) is 6.90. The van der Waals surface area contributed by atoms with Crippen LogP contribution in [0.1, 0.15) is 143 Å². The summed E-state index contributed by atoms with van der Waals surface area (Å²) in [5, 5.41) is 21.7. The molecule has 288 valence electrons. The molecule has 0 spiro atoms. The first-order chi connectivity index (χ1) is 24.1. The quantitative estimate of drug-likeness (QED) is 0.0371. The Balaban J connectivity index is 1.38. The van der Waals surface area contributed by atoms with Crippen LogP contribution < -0.4 is 5.73 Å². The Morgan fingerprint density at radius 3 is 2.28 bits per heavy atom. The van der Waals surface area contributed by atoms with Gasteiger partial charge in [0.05, 0.1) is 25.1 Å². The molecule has 0 bridgehead atoms. The maximum Gasteiger partial charge on any atom is 0.359 e. The third-order valence-electron chi connectivity index (χ3n) is 9.39. The minimum Gasteiger partial charge on any atom is -0.390 e. The third-order valence-corrected chi connectivity index (χ3v) is 12.6. The fraction of sp³-hybridized carbons (Fsp3) is 0.857. The standard InChI is InChI=1S/C35H63ClN5O7PS/c1-4-6-8-10-11-12-13-14-16-18-23-50-28(20-17-15-9-7-5-2)26(3)46-21-19-22-47-49(44,45)34(43)31-27(42)24-29(48-31)41-25-38-30-32(37)39-35(36)40-33(30)41/h25-29,31,34,42-43H,4-24H2,1-3H3,(H,44,45)(H2,37,39,40)/t26?,27-,28?,29+,31-,34?/m0/s1. The molecule has 2 aromatic rings. The maximum atomic E-state index is 13.0. The van der Waals surface area contributed by atoms with Gasteiger partial charge in [0.1, 0.15) is 17.8 Å². The number of rotatable bonds is 28. The zero-order valence-electron chi connectivity index (χ0n) is 30.5. The highest BCUT2D eigenvalue weighted by molar-refractivity contribution is 7.99. The van der Waals surface area contributed by atoms with Crippen LogP contribution in [0.5, 0.6) is 0 Å². The van der Waals surface area contributed by atoms with E-state index in [0.29, 0.717) is 23.8 Å². The van der Waals surface area contributed by atoms with E-state index < -0.39 is 31.9 Å². The van der Waals surface area contributed by atoms with Crippen molar-refractivity contribution in [3.63, 3.8) is 0 Å². The van der Waals surface area contributed by atoms with Gasteiger partial charge < -0.3 is 34.8 Å². The Bertz CT molecular complexity index is 1280. The van der Waals surface area contributed by atoms with Gasteiger partial charge in [0.15, 0.2) is 17.3 Å². The number of unbranched alkanes of at least 4 members (excludes halogenated alkanes) is 13. The summed E-state index contributed by atoms with van der Waals surface area (Å²) in [6, 6.07) is 0. The van der Waals surface area contributed by atoms with Crippen molar-refractivity contribution in [2.75, 3.05) is 24.7 Å². The van der Waals surface area contributed by atoms with E-state index in [4.69, 9.17) is 31.3 Å². The fourth-order valence-corrected chi connectivity index (χ4v) is 9.07. The van der Waals surface area contributed by atoms with Crippen LogP contribution in [0.4, 0.5) is 5.82 Å². The largest absolute Gasteiger partial charge is 0.390 e. The minimum atomic E-state index is -4.56. The molecule has 1 fully saturated rings. The Kier molecular flexibility index (Phi) is 20.5. The van der Waals surface area contributed by atoms with Crippen molar-refractivity contribution in [1.29, 1.82) is 0 Å². The lowest BCUT2D eigenvalue weighted by molar-refractivity contribution is -0.0637. The summed E-state index contributed by atoms with van der Waals surface area (Å²) in [6.07, 6.45) is 19.1. The SMILES string of the molecule is CCCCCCCCCCCCSC(CCCCCCC)C(C)OCCCOP(=O)(O)C(O)[C@H]1O[C@@H](n2cnc3c(N)nc(Cl)nc32)C[C@@H]1O. The van der Waals surface area contributed by atoms with Crippen LogP contribution in [0.2, 0.25) is 5.28 Å². The van der Waals surface area contributed by atoms with Crippen molar-refractivity contribution < 1.29 is 33.7 Å². The molecule has 5 N–H and O–H groups in total. The second-order valence-corrected chi connectivity index (χ2v) is 17.2. The molecule has 4 unspecified atom stereocenters. The van der Waals surface area contributed by atoms with Crippen LogP contribution in [0, 0.1) is 0 Å². The monoisotopic (exact) mass is 763 g/mol. The van der Waals surface area contributed by atoms with E-state index in [1.165, 1.54) is 107 Å². The fourth-order valence-electron chi connectivity index (χ4n) is 6.36. The zero-order chi connectivity index (χ0) is 36.4. The van der Waals surface area contributed by atoms with Gasteiger partial charge in [-0.25, -0.2) is 4.98 Å². The molecule has 15 heteroatoms. The number of nitrogens with two attached hydrogens (primary N) is 1. The van der Waals surface area contributed by atoms with Gasteiger partial charge in [-0.15, -0.1) is 0 Å².